The Hall–Kier alpha value is -1.39. The third-order valence-corrected chi connectivity index (χ3v) is 3.11. The van der Waals surface area contributed by atoms with E-state index < -0.39 is 0 Å². The fraction of sp³-hybridized carbons (Fsp3) is 0.200. The number of halogens is 2. The summed E-state index contributed by atoms with van der Waals surface area (Å²) in [4.78, 5) is 0. The van der Waals surface area contributed by atoms with Crippen molar-refractivity contribution in [1.82, 2.24) is 5.32 Å². The van der Waals surface area contributed by atoms with E-state index in [1.807, 2.05) is 31.2 Å². The summed E-state index contributed by atoms with van der Waals surface area (Å²) in [6.07, 6.45) is 0. The third-order valence-electron chi connectivity index (χ3n) is 2.61. The summed E-state index contributed by atoms with van der Waals surface area (Å²) >= 11 is 3.40. The first kappa shape index (κ1) is 14.0. The lowest BCUT2D eigenvalue weighted by atomic mass is 10.2. The molecule has 0 amide bonds. The highest BCUT2D eigenvalue weighted by atomic mass is 79.9. The number of hydrogen-bond donors (Lipinski definition) is 1. The maximum absolute atomic E-state index is 13.3. The molecule has 2 aromatic carbocycles. The minimum Gasteiger partial charge on any atom is -0.457 e. The van der Waals surface area contributed by atoms with E-state index in [-0.39, 0.29) is 5.82 Å². The van der Waals surface area contributed by atoms with Gasteiger partial charge in [-0.15, -0.1) is 0 Å². The molecule has 0 bridgehead atoms. The zero-order valence-corrected chi connectivity index (χ0v) is 12.2. The summed E-state index contributed by atoms with van der Waals surface area (Å²) in [7, 11) is 0. The van der Waals surface area contributed by atoms with Gasteiger partial charge in [-0.1, -0.05) is 28.9 Å². The summed E-state index contributed by atoms with van der Waals surface area (Å²) in [5, 5.41) is 3.17. The fourth-order valence-electron chi connectivity index (χ4n) is 1.70. The van der Waals surface area contributed by atoms with Crippen LogP contribution in [0.1, 0.15) is 12.5 Å². The Morgan fingerprint density at radius 2 is 2.05 bits per heavy atom. The van der Waals surface area contributed by atoms with E-state index >= 15 is 0 Å². The van der Waals surface area contributed by atoms with Gasteiger partial charge in [-0.05, 0) is 42.9 Å². The smallest absolute Gasteiger partial charge is 0.132 e. The van der Waals surface area contributed by atoms with Crippen molar-refractivity contribution in [1.29, 1.82) is 0 Å². The normalized spacial score (nSPS) is 10.5. The number of nitrogens with one attached hydrogen (secondary N) is 1. The second-order valence-electron chi connectivity index (χ2n) is 4.09. The van der Waals surface area contributed by atoms with E-state index in [2.05, 4.69) is 21.2 Å². The second-order valence-corrected chi connectivity index (χ2v) is 5.01. The molecule has 4 heteroatoms. The van der Waals surface area contributed by atoms with Gasteiger partial charge >= 0.3 is 0 Å². The molecule has 0 heterocycles. The molecule has 2 nitrogen and oxygen atoms in total. The van der Waals surface area contributed by atoms with E-state index in [4.69, 9.17) is 4.74 Å². The molecular formula is C15H15BrFNO. The van der Waals surface area contributed by atoms with Crippen molar-refractivity contribution in [3.63, 3.8) is 0 Å². The summed E-state index contributed by atoms with van der Waals surface area (Å²) in [5.41, 5.74) is 0.807. The summed E-state index contributed by atoms with van der Waals surface area (Å²) < 4.78 is 20.0. The Labute approximate surface area is 120 Å². The SMILES string of the molecule is CCNCc1cc(F)ccc1Oc1cccc(Br)c1. The quantitative estimate of drug-likeness (QED) is 0.875. The van der Waals surface area contributed by atoms with Gasteiger partial charge in [0.1, 0.15) is 17.3 Å². The van der Waals surface area contributed by atoms with Gasteiger partial charge in [0.2, 0.25) is 0 Å². The van der Waals surface area contributed by atoms with Crippen LogP contribution in [0.25, 0.3) is 0 Å². The molecule has 0 aromatic heterocycles. The highest BCUT2D eigenvalue weighted by molar-refractivity contribution is 9.10. The van der Waals surface area contributed by atoms with E-state index in [1.165, 1.54) is 12.1 Å². The van der Waals surface area contributed by atoms with Gasteiger partial charge in [-0.3, -0.25) is 0 Å². The van der Waals surface area contributed by atoms with Crippen LogP contribution in [-0.2, 0) is 6.54 Å². The number of benzene rings is 2. The van der Waals surface area contributed by atoms with Crippen LogP contribution in [0.2, 0.25) is 0 Å². The predicted octanol–water partition coefficient (Wildman–Crippen LogP) is 4.49. The van der Waals surface area contributed by atoms with Gasteiger partial charge in [0, 0.05) is 16.6 Å². The fourth-order valence-corrected chi connectivity index (χ4v) is 2.08. The van der Waals surface area contributed by atoms with Gasteiger partial charge in [-0.25, -0.2) is 4.39 Å². The Balaban J connectivity index is 2.23. The van der Waals surface area contributed by atoms with Crippen molar-refractivity contribution in [2.45, 2.75) is 13.5 Å². The van der Waals surface area contributed by atoms with Crippen molar-refractivity contribution in [3.05, 3.63) is 58.3 Å². The van der Waals surface area contributed by atoms with Crippen molar-refractivity contribution in [2.24, 2.45) is 0 Å². The van der Waals surface area contributed by atoms with Gasteiger partial charge in [0.25, 0.3) is 0 Å². The Bertz CT molecular complexity index is 560. The molecule has 1 N–H and O–H groups in total. The lowest BCUT2D eigenvalue weighted by Gasteiger charge is -2.12. The van der Waals surface area contributed by atoms with Crippen LogP contribution in [0.3, 0.4) is 0 Å². The lowest BCUT2D eigenvalue weighted by molar-refractivity contribution is 0.470. The molecule has 0 saturated carbocycles. The van der Waals surface area contributed by atoms with E-state index in [0.717, 1.165) is 22.3 Å². The van der Waals surface area contributed by atoms with Crippen LogP contribution in [0, 0.1) is 5.82 Å². The summed E-state index contributed by atoms with van der Waals surface area (Å²) in [6, 6.07) is 12.1. The molecule has 0 saturated heterocycles. The maximum Gasteiger partial charge on any atom is 0.132 e. The maximum atomic E-state index is 13.3. The van der Waals surface area contributed by atoms with Crippen LogP contribution in [0.5, 0.6) is 11.5 Å². The topological polar surface area (TPSA) is 21.3 Å². The Morgan fingerprint density at radius 3 is 2.79 bits per heavy atom. The predicted molar refractivity (Wildman–Crippen MR) is 78.0 cm³/mol. The van der Waals surface area contributed by atoms with Gasteiger partial charge in [0.05, 0.1) is 0 Å². The van der Waals surface area contributed by atoms with E-state index in [9.17, 15) is 4.39 Å². The molecule has 2 rings (SSSR count). The van der Waals surface area contributed by atoms with Crippen molar-refractivity contribution in [3.8, 4) is 11.5 Å². The largest absolute Gasteiger partial charge is 0.457 e. The molecule has 0 fully saturated rings. The molecule has 0 aliphatic carbocycles. The van der Waals surface area contributed by atoms with E-state index in [0.29, 0.717) is 12.3 Å². The van der Waals surface area contributed by atoms with Crippen LogP contribution in [-0.4, -0.2) is 6.54 Å². The average Bonchev–Trinajstić information content (AvgIpc) is 2.39. The molecule has 0 atom stereocenters. The number of ether oxygens (including phenoxy) is 1. The van der Waals surface area contributed by atoms with Crippen molar-refractivity contribution >= 4 is 15.9 Å². The first-order valence-corrected chi connectivity index (χ1v) is 6.91. The van der Waals surface area contributed by atoms with Crippen LogP contribution < -0.4 is 10.1 Å². The highest BCUT2D eigenvalue weighted by Crippen LogP contribution is 2.27. The van der Waals surface area contributed by atoms with Gasteiger partial charge < -0.3 is 10.1 Å². The monoisotopic (exact) mass is 323 g/mol. The zero-order chi connectivity index (χ0) is 13.7. The van der Waals surface area contributed by atoms with Crippen LogP contribution >= 0.6 is 15.9 Å². The zero-order valence-electron chi connectivity index (χ0n) is 10.6. The summed E-state index contributed by atoms with van der Waals surface area (Å²) in [5.74, 6) is 1.13. The standard InChI is InChI=1S/C15H15BrFNO/c1-2-18-10-11-8-13(17)6-7-15(11)19-14-5-3-4-12(16)9-14/h3-9,18H,2,10H2,1H3. The molecule has 19 heavy (non-hydrogen) atoms. The lowest BCUT2D eigenvalue weighted by Crippen LogP contribution is -2.12. The second kappa shape index (κ2) is 6.68. The highest BCUT2D eigenvalue weighted by Gasteiger charge is 2.06. The Kier molecular flexibility index (Phi) is 4.93. The molecule has 0 unspecified atom stereocenters. The average molecular weight is 324 g/mol. The number of hydrogen-bond acceptors (Lipinski definition) is 2. The first-order chi connectivity index (χ1) is 9.19. The van der Waals surface area contributed by atoms with Crippen LogP contribution in [0.15, 0.2) is 46.9 Å². The molecule has 0 aliphatic heterocycles. The molecule has 100 valence electrons. The van der Waals surface area contributed by atoms with E-state index in [1.54, 1.807) is 6.07 Å². The molecule has 2 aromatic rings. The molecule has 0 spiro atoms. The number of rotatable bonds is 5. The molecule has 0 radical (unpaired) electrons. The minimum absolute atomic E-state index is 0.255. The van der Waals surface area contributed by atoms with Gasteiger partial charge in [-0.2, -0.15) is 0 Å². The molecule has 0 aliphatic rings. The van der Waals surface area contributed by atoms with Gasteiger partial charge in [0.15, 0.2) is 0 Å². The van der Waals surface area contributed by atoms with Crippen molar-refractivity contribution in [2.75, 3.05) is 6.54 Å². The first-order valence-electron chi connectivity index (χ1n) is 6.11. The van der Waals surface area contributed by atoms with Crippen molar-refractivity contribution < 1.29 is 9.13 Å². The third kappa shape index (κ3) is 4.04. The summed E-state index contributed by atoms with van der Waals surface area (Å²) in [6.45, 7) is 3.42. The van der Waals surface area contributed by atoms with Crippen LogP contribution in [0.4, 0.5) is 4.39 Å². The Morgan fingerprint density at radius 1 is 1.21 bits per heavy atom. The minimum atomic E-state index is -0.255. The molecular weight excluding hydrogens is 309 g/mol.